The number of carbonyl (C=O) groups excluding carboxylic acids is 1. The maximum atomic E-state index is 11.1. The topological polar surface area (TPSA) is 55.1 Å². The average Bonchev–Trinajstić information content (AvgIpc) is 2.08. The molecule has 3 nitrogen and oxygen atoms in total. The maximum Gasteiger partial charge on any atom is 0.312 e. The summed E-state index contributed by atoms with van der Waals surface area (Å²) in [5, 5.41) is 2.98. The van der Waals surface area contributed by atoms with Crippen molar-refractivity contribution >= 4 is 6.03 Å². The SMILES string of the molecule is CC1(NC(N)=O)CCC2CC1(C)C2(C)C. The van der Waals surface area contributed by atoms with Crippen LogP contribution in [0.15, 0.2) is 0 Å². The predicted octanol–water partition coefficient (Wildman–Crippen LogP) is 2.26. The molecular formula is C12H22N2O. The fourth-order valence-electron chi connectivity index (χ4n) is 3.94. The van der Waals surface area contributed by atoms with E-state index in [9.17, 15) is 4.79 Å². The number of nitrogens with two attached hydrogens (primary N) is 1. The molecule has 0 aromatic rings. The molecule has 3 aliphatic rings. The van der Waals surface area contributed by atoms with Crippen molar-refractivity contribution in [1.29, 1.82) is 0 Å². The zero-order chi connectivity index (χ0) is 11.5. The van der Waals surface area contributed by atoms with E-state index in [0.717, 1.165) is 12.3 Å². The molecule has 3 atom stereocenters. The number of hydrogen-bond donors (Lipinski definition) is 2. The monoisotopic (exact) mass is 210 g/mol. The highest BCUT2D eigenvalue weighted by atomic mass is 16.2. The largest absolute Gasteiger partial charge is 0.352 e. The fourth-order valence-corrected chi connectivity index (χ4v) is 3.94. The van der Waals surface area contributed by atoms with Gasteiger partial charge in [0.2, 0.25) is 0 Å². The van der Waals surface area contributed by atoms with Crippen molar-refractivity contribution in [1.82, 2.24) is 5.32 Å². The number of fused-ring (bicyclic) bond motifs is 2. The van der Waals surface area contributed by atoms with Crippen molar-refractivity contribution in [2.75, 3.05) is 0 Å². The van der Waals surface area contributed by atoms with E-state index < -0.39 is 0 Å². The average molecular weight is 210 g/mol. The van der Waals surface area contributed by atoms with Crippen molar-refractivity contribution in [3.63, 3.8) is 0 Å². The van der Waals surface area contributed by atoms with Gasteiger partial charge < -0.3 is 11.1 Å². The number of primary amides is 1. The number of amides is 2. The zero-order valence-corrected chi connectivity index (χ0v) is 10.2. The number of hydrogen-bond acceptors (Lipinski definition) is 1. The van der Waals surface area contributed by atoms with E-state index in [-0.39, 0.29) is 17.0 Å². The molecule has 0 spiro atoms. The molecule has 3 unspecified atom stereocenters. The highest BCUT2D eigenvalue weighted by Crippen LogP contribution is 2.70. The number of carbonyl (C=O) groups is 1. The van der Waals surface area contributed by atoms with E-state index in [1.807, 2.05) is 0 Å². The second-order valence-corrected chi connectivity index (χ2v) is 6.31. The molecule has 3 aliphatic carbocycles. The number of nitrogens with one attached hydrogen (secondary N) is 1. The van der Waals surface area contributed by atoms with Crippen molar-refractivity contribution in [3.8, 4) is 0 Å². The summed E-state index contributed by atoms with van der Waals surface area (Å²) < 4.78 is 0. The summed E-state index contributed by atoms with van der Waals surface area (Å²) in [6, 6.07) is -0.389. The van der Waals surface area contributed by atoms with Gasteiger partial charge in [-0.25, -0.2) is 4.79 Å². The van der Waals surface area contributed by atoms with Gasteiger partial charge in [-0.1, -0.05) is 20.8 Å². The molecule has 0 aromatic carbocycles. The Morgan fingerprint density at radius 3 is 2.40 bits per heavy atom. The predicted molar refractivity (Wildman–Crippen MR) is 60.4 cm³/mol. The molecule has 3 N–H and O–H groups in total. The Morgan fingerprint density at radius 2 is 1.93 bits per heavy atom. The maximum absolute atomic E-state index is 11.1. The highest BCUT2D eigenvalue weighted by Gasteiger charge is 2.67. The van der Waals surface area contributed by atoms with E-state index in [1.54, 1.807) is 0 Å². The van der Waals surface area contributed by atoms with Crippen LogP contribution in [0, 0.1) is 16.7 Å². The lowest BCUT2D eigenvalue weighted by Crippen LogP contribution is -2.73. The van der Waals surface area contributed by atoms with Crippen molar-refractivity contribution in [3.05, 3.63) is 0 Å². The Labute approximate surface area is 91.8 Å². The van der Waals surface area contributed by atoms with E-state index in [1.165, 1.54) is 12.8 Å². The molecule has 3 rings (SSSR count). The number of rotatable bonds is 1. The Hall–Kier alpha value is -0.730. The third kappa shape index (κ3) is 1.09. The molecule has 3 saturated carbocycles. The first-order chi connectivity index (χ1) is 6.73. The molecule has 86 valence electrons. The van der Waals surface area contributed by atoms with Crippen LogP contribution in [0.4, 0.5) is 4.79 Å². The van der Waals surface area contributed by atoms with Crippen LogP contribution < -0.4 is 11.1 Å². The van der Waals surface area contributed by atoms with E-state index >= 15 is 0 Å². The molecule has 0 heterocycles. The lowest BCUT2D eigenvalue weighted by Gasteiger charge is -2.71. The van der Waals surface area contributed by atoms with Crippen LogP contribution in [0.3, 0.4) is 0 Å². The van der Waals surface area contributed by atoms with Crippen LogP contribution in [0.25, 0.3) is 0 Å². The molecule has 15 heavy (non-hydrogen) atoms. The van der Waals surface area contributed by atoms with Gasteiger partial charge in [0, 0.05) is 5.54 Å². The first-order valence-corrected chi connectivity index (χ1v) is 5.81. The van der Waals surface area contributed by atoms with Crippen LogP contribution in [-0.4, -0.2) is 11.6 Å². The Bertz CT molecular complexity index is 313. The Kier molecular flexibility index (Phi) is 1.93. The standard InChI is InChI=1S/C12H22N2O/c1-10(2)8-5-6-12(4,14-9(13)15)11(10,3)7-8/h8H,5-7H2,1-4H3,(H3,13,14,15). The lowest BCUT2D eigenvalue weighted by atomic mass is 9.35. The van der Waals surface area contributed by atoms with Crippen molar-refractivity contribution in [2.45, 2.75) is 52.5 Å². The molecule has 3 fully saturated rings. The van der Waals surface area contributed by atoms with Gasteiger partial charge in [-0.15, -0.1) is 0 Å². The van der Waals surface area contributed by atoms with Gasteiger partial charge >= 0.3 is 6.03 Å². The third-order valence-electron chi connectivity index (χ3n) is 5.71. The van der Waals surface area contributed by atoms with Gasteiger partial charge in [-0.05, 0) is 42.9 Å². The van der Waals surface area contributed by atoms with Crippen molar-refractivity contribution < 1.29 is 4.79 Å². The smallest absolute Gasteiger partial charge is 0.312 e. The van der Waals surface area contributed by atoms with Gasteiger partial charge in [0.05, 0.1) is 0 Å². The third-order valence-corrected chi connectivity index (χ3v) is 5.71. The molecule has 0 radical (unpaired) electrons. The molecule has 0 aromatic heterocycles. The van der Waals surface area contributed by atoms with Crippen LogP contribution in [0.5, 0.6) is 0 Å². The summed E-state index contributed by atoms with van der Waals surface area (Å²) in [4.78, 5) is 11.1. The summed E-state index contributed by atoms with van der Waals surface area (Å²) in [5.41, 5.74) is 5.67. The minimum Gasteiger partial charge on any atom is -0.352 e. The summed E-state index contributed by atoms with van der Waals surface area (Å²) in [7, 11) is 0. The van der Waals surface area contributed by atoms with Crippen LogP contribution in [0.2, 0.25) is 0 Å². The van der Waals surface area contributed by atoms with E-state index in [0.29, 0.717) is 5.41 Å². The molecular weight excluding hydrogens is 188 g/mol. The van der Waals surface area contributed by atoms with E-state index in [2.05, 4.69) is 33.0 Å². The van der Waals surface area contributed by atoms with Crippen LogP contribution in [-0.2, 0) is 0 Å². The quantitative estimate of drug-likeness (QED) is 0.685. The summed E-state index contributed by atoms with van der Waals surface area (Å²) in [6.07, 6.45) is 3.48. The summed E-state index contributed by atoms with van der Waals surface area (Å²) in [5.74, 6) is 0.824. The lowest BCUT2D eigenvalue weighted by molar-refractivity contribution is -0.199. The molecule has 3 heteroatoms. The van der Waals surface area contributed by atoms with Crippen LogP contribution >= 0.6 is 0 Å². The Balaban J connectivity index is 2.30. The van der Waals surface area contributed by atoms with Crippen LogP contribution in [0.1, 0.15) is 47.0 Å². The summed E-state index contributed by atoms with van der Waals surface area (Å²) >= 11 is 0. The minimum atomic E-state index is -0.389. The second kappa shape index (κ2) is 2.69. The van der Waals surface area contributed by atoms with Gasteiger partial charge in [0.1, 0.15) is 0 Å². The normalized spacial score (nSPS) is 46.8. The fraction of sp³-hybridized carbons (Fsp3) is 0.917. The van der Waals surface area contributed by atoms with Gasteiger partial charge in [0.25, 0.3) is 0 Å². The zero-order valence-electron chi connectivity index (χ0n) is 10.2. The minimum absolute atomic E-state index is 0.128. The Morgan fingerprint density at radius 1 is 1.33 bits per heavy atom. The molecule has 2 bridgehead atoms. The van der Waals surface area contributed by atoms with Gasteiger partial charge in [-0.2, -0.15) is 0 Å². The first-order valence-electron chi connectivity index (χ1n) is 5.81. The molecule has 0 aliphatic heterocycles. The summed E-state index contributed by atoms with van der Waals surface area (Å²) in [6.45, 7) is 9.08. The van der Waals surface area contributed by atoms with E-state index in [4.69, 9.17) is 5.73 Å². The molecule has 0 saturated heterocycles. The van der Waals surface area contributed by atoms with Gasteiger partial charge in [0.15, 0.2) is 0 Å². The van der Waals surface area contributed by atoms with Gasteiger partial charge in [-0.3, -0.25) is 0 Å². The highest BCUT2D eigenvalue weighted by molar-refractivity contribution is 5.72. The van der Waals surface area contributed by atoms with Crippen molar-refractivity contribution in [2.24, 2.45) is 22.5 Å². The molecule has 2 amide bonds. The first kappa shape index (κ1) is 10.8. The second-order valence-electron chi connectivity index (χ2n) is 6.31. The number of urea groups is 1.